The standard InChI is InChI=1S/C13H17F3N2.C2H6/c1-2-17-6-8-18(9-7-17)12-5-3-4-11(10-12)13(14,15)16;1-2/h3-5,10H,2,6-9H2,1H3;1-2H3. The van der Waals surface area contributed by atoms with Crippen LogP contribution in [-0.4, -0.2) is 37.6 Å². The second kappa shape index (κ2) is 7.53. The average molecular weight is 288 g/mol. The summed E-state index contributed by atoms with van der Waals surface area (Å²) in [6.07, 6.45) is -4.26. The molecule has 1 fully saturated rings. The minimum absolute atomic E-state index is 0.571. The smallest absolute Gasteiger partial charge is 0.369 e. The predicted molar refractivity (Wildman–Crippen MR) is 77.1 cm³/mol. The minimum atomic E-state index is -4.26. The fourth-order valence-electron chi connectivity index (χ4n) is 2.20. The van der Waals surface area contributed by atoms with Crippen LogP contribution in [0.2, 0.25) is 0 Å². The normalized spacial score (nSPS) is 16.6. The molecule has 5 heteroatoms. The van der Waals surface area contributed by atoms with Crippen LogP contribution in [-0.2, 0) is 6.18 Å². The van der Waals surface area contributed by atoms with Crippen LogP contribution in [0.3, 0.4) is 0 Å². The molecule has 0 amide bonds. The summed E-state index contributed by atoms with van der Waals surface area (Å²) in [6.45, 7) is 10.5. The average Bonchev–Trinajstić information content (AvgIpc) is 2.49. The van der Waals surface area contributed by atoms with Crippen LogP contribution in [0.1, 0.15) is 26.3 Å². The fraction of sp³-hybridized carbons (Fsp3) is 0.600. The number of piperazine rings is 1. The van der Waals surface area contributed by atoms with Crippen molar-refractivity contribution in [2.45, 2.75) is 26.9 Å². The van der Waals surface area contributed by atoms with E-state index in [-0.39, 0.29) is 0 Å². The monoisotopic (exact) mass is 288 g/mol. The van der Waals surface area contributed by atoms with Crippen LogP contribution >= 0.6 is 0 Å². The van der Waals surface area contributed by atoms with Crippen molar-refractivity contribution >= 4 is 5.69 Å². The van der Waals surface area contributed by atoms with Crippen molar-refractivity contribution < 1.29 is 13.2 Å². The summed E-state index contributed by atoms with van der Waals surface area (Å²) in [7, 11) is 0. The summed E-state index contributed by atoms with van der Waals surface area (Å²) in [4.78, 5) is 4.31. The van der Waals surface area contributed by atoms with Gasteiger partial charge in [-0.05, 0) is 24.7 Å². The Morgan fingerprint density at radius 3 is 2.15 bits per heavy atom. The number of halogens is 3. The molecular weight excluding hydrogens is 265 g/mol. The molecule has 0 unspecified atom stereocenters. The van der Waals surface area contributed by atoms with E-state index in [0.29, 0.717) is 5.69 Å². The van der Waals surface area contributed by atoms with E-state index >= 15 is 0 Å². The summed E-state index contributed by atoms with van der Waals surface area (Å²) < 4.78 is 37.9. The number of benzene rings is 1. The Kier molecular flexibility index (Phi) is 6.33. The number of hydrogen-bond acceptors (Lipinski definition) is 2. The molecule has 0 aliphatic carbocycles. The van der Waals surface area contributed by atoms with Crippen LogP contribution in [0, 0.1) is 0 Å². The lowest BCUT2D eigenvalue weighted by Crippen LogP contribution is -2.46. The molecule has 0 N–H and O–H groups in total. The van der Waals surface area contributed by atoms with Gasteiger partial charge in [0.25, 0.3) is 0 Å². The molecule has 1 aromatic rings. The number of rotatable bonds is 2. The highest BCUT2D eigenvalue weighted by molar-refractivity contribution is 5.49. The van der Waals surface area contributed by atoms with Gasteiger partial charge in [-0.2, -0.15) is 13.2 Å². The lowest BCUT2D eigenvalue weighted by atomic mass is 10.1. The quantitative estimate of drug-likeness (QED) is 0.815. The van der Waals surface area contributed by atoms with Gasteiger partial charge in [0.15, 0.2) is 0 Å². The topological polar surface area (TPSA) is 6.48 Å². The minimum Gasteiger partial charge on any atom is -0.369 e. The summed E-state index contributed by atoms with van der Waals surface area (Å²) in [6, 6.07) is 5.58. The highest BCUT2D eigenvalue weighted by Gasteiger charge is 2.31. The molecule has 0 spiro atoms. The van der Waals surface area contributed by atoms with E-state index < -0.39 is 11.7 Å². The van der Waals surface area contributed by atoms with Crippen LogP contribution in [0.25, 0.3) is 0 Å². The second-order valence-corrected chi connectivity index (χ2v) is 4.47. The first-order valence-electron chi connectivity index (χ1n) is 7.15. The molecular formula is C15H23F3N2. The van der Waals surface area contributed by atoms with Gasteiger partial charge in [0, 0.05) is 31.9 Å². The van der Waals surface area contributed by atoms with Crippen molar-refractivity contribution in [3.8, 4) is 0 Å². The van der Waals surface area contributed by atoms with E-state index in [1.807, 2.05) is 18.7 Å². The first-order chi connectivity index (χ1) is 9.50. The number of nitrogens with zero attached hydrogens (tertiary/aromatic N) is 2. The molecule has 1 aliphatic heterocycles. The van der Waals surface area contributed by atoms with E-state index in [1.54, 1.807) is 6.07 Å². The molecule has 1 aliphatic rings. The number of likely N-dealkylation sites (N-methyl/N-ethyl adjacent to an activating group) is 1. The molecule has 1 aromatic carbocycles. The van der Waals surface area contributed by atoms with Crippen LogP contribution in [0.15, 0.2) is 24.3 Å². The van der Waals surface area contributed by atoms with Gasteiger partial charge in [0.1, 0.15) is 0 Å². The van der Waals surface area contributed by atoms with Crippen molar-refractivity contribution in [3.63, 3.8) is 0 Å². The Morgan fingerprint density at radius 1 is 1.05 bits per heavy atom. The Hall–Kier alpha value is -1.23. The second-order valence-electron chi connectivity index (χ2n) is 4.47. The Balaban J connectivity index is 0.000000956. The van der Waals surface area contributed by atoms with E-state index in [9.17, 15) is 13.2 Å². The molecule has 0 bridgehead atoms. The van der Waals surface area contributed by atoms with Crippen molar-refractivity contribution in [1.82, 2.24) is 4.90 Å². The van der Waals surface area contributed by atoms with Crippen LogP contribution < -0.4 is 4.90 Å². The lowest BCUT2D eigenvalue weighted by Gasteiger charge is -2.35. The summed E-state index contributed by atoms with van der Waals surface area (Å²) in [5, 5.41) is 0. The molecule has 0 aromatic heterocycles. The first-order valence-corrected chi connectivity index (χ1v) is 7.15. The van der Waals surface area contributed by atoms with E-state index in [4.69, 9.17) is 0 Å². The van der Waals surface area contributed by atoms with Crippen molar-refractivity contribution in [2.24, 2.45) is 0 Å². The maximum atomic E-state index is 12.6. The van der Waals surface area contributed by atoms with E-state index in [0.717, 1.165) is 38.8 Å². The molecule has 1 heterocycles. The zero-order valence-electron chi connectivity index (χ0n) is 12.4. The molecule has 0 saturated carbocycles. The lowest BCUT2D eigenvalue weighted by molar-refractivity contribution is -0.137. The Bertz CT molecular complexity index is 396. The van der Waals surface area contributed by atoms with E-state index in [2.05, 4.69) is 11.8 Å². The molecule has 0 radical (unpaired) electrons. The number of alkyl halides is 3. The van der Waals surface area contributed by atoms with Gasteiger partial charge in [0.05, 0.1) is 5.56 Å². The van der Waals surface area contributed by atoms with Gasteiger partial charge in [-0.25, -0.2) is 0 Å². The van der Waals surface area contributed by atoms with E-state index in [1.165, 1.54) is 12.1 Å². The Morgan fingerprint density at radius 2 is 1.65 bits per heavy atom. The van der Waals surface area contributed by atoms with Gasteiger partial charge < -0.3 is 9.80 Å². The molecule has 0 atom stereocenters. The fourth-order valence-corrected chi connectivity index (χ4v) is 2.20. The van der Waals surface area contributed by atoms with Crippen molar-refractivity contribution in [3.05, 3.63) is 29.8 Å². The largest absolute Gasteiger partial charge is 0.416 e. The zero-order chi connectivity index (χ0) is 15.2. The van der Waals surface area contributed by atoms with Gasteiger partial charge in [0.2, 0.25) is 0 Å². The highest BCUT2D eigenvalue weighted by Crippen LogP contribution is 2.31. The SMILES string of the molecule is CC.CCN1CCN(c2cccc(C(F)(F)F)c2)CC1. The maximum Gasteiger partial charge on any atom is 0.416 e. The van der Waals surface area contributed by atoms with Crippen molar-refractivity contribution in [1.29, 1.82) is 0 Å². The van der Waals surface area contributed by atoms with Gasteiger partial charge in [-0.15, -0.1) is 0 Å². The van der Waals surface area contributed by atoms with Crippen molar-refractivity contribution in [2.75, 3.05) is 37.6 Å². The third-order valence-corrected chi connectivity index (χ3v) is 3.36. The molecule has 2 rings (SSSR count). The summed E-state index contributed by atoms with van der Waals surface area (Å²) in [5.74, 6) is 0. The third-order valence-electron chi connectivity index (χ3n) is 3.36. The number of anilines is 1. The molecule has 1 saturated heterocycles. The van der Waals surface area contributed by atoms with Gasteiger partial charge in [-0.1, -0.05) is 26.8 Å². The molecule has 20 heavy (non-hydrogen) atoms. The van der Waals surface area contributed by atoms with Gasteiger partial charge >= 0.3 is 6.18 Å². The highest BCUT2D eigenvalue weighted by atomic mass is 19.4. The maximum absolute atomic E-state index is 12.6. The predicted octanol–water partition coefficient (Wildman–Crippen LogP) is 3.87. The first kappa shape index (κ1) is 16.8. The van der Waals surface area contributed by atoms with Crippen LogP contribution in [0.5, 0.6) is 0 Å². The third kappa shape index (κ3) is 4.40. The molecule has 2 nitrogen and oxygen atoms in total. The van der Waals surface area contributed by atoms with Crippen LogP contribution in [0.4, 0.5) is 18.9 Å². The number of hydrogen-bond donors (Lipinski definition) is 0. The van der Waals surface area contributed by atoms with Gasteiger partial charge in [-0.3, -0.25) is 0 Å². The summed E-state index contributed by atoms with van der Waals surface area (Å²) >= 11 is 0. The zero-order valence-corrected chi connectivity index (χ0v) is 12.4. The molecule has 114 valence electrons. The summed E-state index contributed by atoms with van der Waals surface area (Å²) in [5.41, 5.74) is 0.0958. The Labute approximate surface area is 119 Å².